The summed E-state index contributed by atoms with van der Waals surface area (Å²) in [6.07, 6.45) is 0. The molecule has 1 saturated heterocycles. The lowest BCUT2D eigenvalue weighted by molar-refractivity contribution is -0.151. The topological polar surface area (TPSA) is 69.6 Å². The standard InChI is InChI=1S/C7H12N2O3/c1-2-9-5(7(11)12)3-8-4-6(9)10/h5,8H,2-4H2,1H3,(H,11,12). The Bertz CT molecular complexity index is 205. The van der Waals surface area contributed by atoms with Gasteiger partial charge in [0.25, 0.3) is 0 Å². The largest absolute Gasteiger partial charge is 0.480 e. The van der Waals surface area contributed by atoms with Crippen molar-refractivity contribution in [3.05, 3.63) is 0 Å². The lowest BCUT2D eigenvalue weighted by Gasteiger charge is -2.32. The number of likely N-dealkylation sites (N-methyl/N-ethyl adjacent to an activating group) is 1. The van der Waals surface area contributed by atoms with Crippen LogP contribution in [0.2, 0.25) is 0 Å². The Hall–Kier alpha value is -1.10. The maximum absolute atomic E-state index is 11.1. The van der Waals surface area contributed by atoms with Gasteiger partial charge in [-0.1, -0.05) is 0 Å². The van der Waals surface area contributed by atoms with Gasteiger partial charge in [0, 0.05) is 13.1 Å². The Balaban J connectivity index is 2.70. The second kappa shape index (κ2) is 3.53. The summed E-state index contributed by atoms with van der Waals surface area (Å²) in [5.41, 5.74) is 0. The summed E-state index contributed by atoms with van der Waals surface area (Å²) in [5.74, 6) is -1.09. The van der Waals surface area contributed by atoms with E-state index in [2.05, 4.69) is 5.32 Å². The number of hydrogen-bond acceptors (Lipinski definition) is 3. The van der Waals surface area contributed by atoms with Gasteiger partial charge in [-0.2, -0.15) is 0 Å². The van der Waals surface area contributed by atoms with Gasteiger partial charge < -0.3 is 15.3 Å². The Labute approximate surface area is 70.4 Å². The molecular weight excluding hydrogens is 160 g/mol. The van der Waals surface area contributed by atoms with Crippen molar-refractivity contribution in [2.24, 2.45) is 0 Å². The number of carboxylic acid groups (broad SMARTS) is 1. The SMILES string of the molecule is CCN1C(=O)CNCC1C(=O)O. The van der Waals surface area contributed by atoms with E-state index in [0.29, 0.717) is 13.1 Å². The molecule has 2 N–H and O–H groups in total. The van der Waals surface area contributed by atoms with Crippen molar-refractivity contribution in [3.8, 4) is 0 Å². The normalized spacial score (nSPS) is 24.2. The fourth-order valence-electron chi connectivity index (χ4n) is 1.32. The summed E-state index contributed by atoms with van der Waals surface area (Å²) >= 11 is 0. The van der Waals surface area contributed by atoms with Gasteiger partial charge in [0.1, 0.15) is 6.04 Å². The maximum atomic E-state index is 11.1. The smallest absolute Gasteiger partial charge is 0.327 e. The number of hydrogen-bond donors (Lipinski definition) is 2. The zero-order valence-corrected chi connectivity index (χ0v) is 6.91. The van der Waals surface area contributed by atoms with Crippen LogP contribution in [0, 0.1) is 0 Å². The molecule has 1 atom stereocenters. The monoisotopic (exact) mass is 172 g/mol. The number of carbonyl (C=O) groups is 2. The molecule has 0 aromatic carbocycles. The molecule has 0 aliphatic carbocycles. The van der Waals surface area contributed by atoms with Gasteiger partial charge in [-0.15, -0.1) is 0 Å². The Morgan fingerprint density at radius 2 is 2.50 bits per heavy atom. The minimum atomic E-state index is -0.947. The van der Waals surface area contributed by atoms with Crippen molar-refractivity contribution >= 4 is 11.9 Å². The van der Waals surface area contributed by atoms with Crippen LogP contribution in [0.15, 0.2) is 0 Å². The third kappa shape index (κ3) is 1.55. The molecule has 68 valence electrons. The minimum absolute atomic E-state index is 0.142. The van der Waals surface area contributed by atoms with Crippen LogP contribution in [0.3, 0.4) is 0 Å². The first-order chi connectivity index (χ1) is 5.66. The molecule has 0 spiro atoms. The van der Waals surface area contributed by atoms with E-state index in [0.717, 1.165) is 0 Å². The molecule has 1 heterocycles. The van der Waals surface area contributed by atoms with Gasteiger partial charge in [0.2, 0.25) is 5.91 Å². The molecule has 5 heteroatoms. The van der Waals surface area contributed by atoms with E-state index < -0.39 is 12.0 Å². The summed E-state index contributed by atoms with van der Waals surface area (Å²) < 4.78 is 0. The van der Waals surface area contributed by atoms with Crippen LogP contribution in [0.4, 0.5) is 0 Å². The first-order valence-electron chi connectivity index (χ1n) is 3.89. The molecule has 1 rings (SSSR count). The average Bonchev–Trinajstić information content (AvgIpc) is 2.03. The number of nitrogens with zero attached hydrogens (tertiary/aromatic N) is 1. The van der Waals surface area contributed by atoms with Crippen LogP contribution in [-0.2, 0) is 9.59 Å². The van der Waals surface area contributed by atoms with Crippen LogP contribution >= 0.6 is 0 Å². The molecule has 1 aliphatic heterocycles. The maximum Gasteiger partial charge on any atom is 0.327 e. The van der Waals surface area contributed by atoms with Crippen LogP contribution in [0.5, 0.6) is 0 Å². The van der Waals surface area contributed by atoms with Crippen molar-refractivity contribution in [2.75, 3.05) is 19.6 Å². The van der Waals surface area contributed by atoms with Crippen molar-refractivity contribution in [1.82, 2.24) is 10.2 Å². The fraction of sp³-hybridized carbons (Fsp3) is 0.714. The number of rotatable bonds is 2. The number of piperazine rings is 1. The highest BCUT2D eigenvalue weighted by molar-refractivity contribution is 5.86. The van der Waals surface area contributed by atoms with Crippen LogP contribution in [0.25, 0.3) is 0 Å². The Morgan fingerprint density at radius 1 is 1.83 bits per heavy atom. The summed E-state index contributed by atoms with van der Waals surface area (Å²) in [7, 11) is 0. The summed E-state index contributed by atoms with van der Waals surface area (Å²) in [5, 5.41) is 11.5. The molecule has 1 aliphatic rings. The molecule has 5 nitrogen and oxygen atoms in total. The molecular formula is C7H12N2O3. The lowest BCUT2D eigenvalue weighted by Crippen LogP contribution is -2.57. The van der Waals surface area contributed by atoms with Gasteiger partial charge in [-0.3, -0.25) is 4.79 Å². The molecule has 1 amide bonds. The molecule has 1 fully saturated rings. The molecule has 0 aromatic rings. The molecule has 12 heavy (non-hydrogen) atoms. The number of nitrogens with one attached hydrogen (secondary N) is 1. The van der Waals surface area contributed by atoms with E-state index in [9.17, 15) is 9.59 Å². The van der Waals surface area contributed by atoms with Crippen LogP contribution < -0.4 is 5.32 Å². The highest BCUT2D eigenvalue weighted by atomic mass is 16.4. The van der Waals surface area contributed by atoms with Crippen molar-refractivity contribution in [2.45, 2.75) is 13.0 Å². The number of carbonyl (C=O) groups excluding carboxylic acids is 1. The van der Waals surface area contributed by atoms with E-state index in [-0.39, 0.29) is 12.5 Å². The van der Waals surface area contributed by atoms with Crippen molar-refractivity contribution in [3.63, 3.8) is 0 Å². The summed E-state index contributed by atoms with van der Waals surface area (Å²) in [6, 6.07) is -0.698. The van der Waals surface area contributed by atoms with E-state index >= 15 is 0 Å². The predicted octanol–water partition coefficient (Wildman–Crippen LogP) is -1.11. The molecule has 0 radical (unpaired) electrons. The quantitative estimate of drug-likeness (QED) is 0.554. The first-order valence-corrected chi connectivity index (χ1v) is 3.89. The van der Waals surface area contributed by atoms with Gasteiger partial charge >= 0.3 is 5.97 Å². The first kappa shape index (κ1) is 8.99. The second-order valence-corrected chi connectivity index (χ2v) is 2.66. The van der Waals surface area contributed by atoms with E-state index in [4.69, 9.17) is 5.11 Å². The minimum Gasteiger partial charge on any atom is -0.480 e. The number of aliphatic carboxylic acids is 1. The number of carboxylic acids is 1. The van der Waals surface area contributed by atoms with Crippen molar-refractivity contribution < 1.29 is 14.7 Å². The second-order valence-electron chi connectivity index (χ2n) is 2.66. The Kier molecular flexibility index (Phi) is 2.65. The zero-order chi connectivity index (χ0) is 9.14. The molecule has 0 bridgehead atoms. The zero-order valence-electron chi connectivity index (χ0n) is 6.91. The van der Waals surface area contributed by atoms with Gasteiger partial charge in [0.15, 0.2) is 0 Å². The molecule has 0 aromatic heterocycles. The number of amides is 1. The fourth-order valence-corrected chi connectivity index (χ4v) is 1.32. The van der Waals surface area contributed by atoms with Crippen LogP contribution in [0.1, 0.15) is 6.92 Å². The summed E-state index contributed by atoms with van der Waals surface area (Å²) in [4.78, 5) is 23.1. The van der Waals surface area contributed by atoms with Crippen LogP contribution in [-0.4, -0.2) is 47.6 Å². The van der Waals surface area contributed by atoms with Gasteiger partial charge in [0.05, 0.1) is 6.54 Å². The summed E-state index contributed by atoms with van der Waals surface area (Å²) in [6.45, 7) is 2.82. The molecule has 0 saturated carbocycles. The highest BCUT2D eigenvalue weighted by Crippen LogP contribution is 2.03. The van der Waals surface area contributed by atoms with E-state index in [1.54, 1.807) is 6.92 Å². The lowest BCUT2D eigenvalue weighted by atomic mass is 10.2. The third-order valence-electron chi connectivity index (χ3n) is 1.94. The highest BCUT2D eigenvalue weighted by Gasteiger charge is 2.31. The third-order valence-corrected chi connectivity index (χ3v) is 1.94. The van der Waals surface area contributed by atoms with E-state index in [1.807, 2.05) is 0 Å². The molecule has 1 unspecified atom stereocenters. The predicted molar refractivity (Wildman–Crippen MR) is 41.7 cm³/mol. The van der Waals surface area contributed by atoms with E-state index in [1.165, 1.54) is 4.90 Å². The van der Waals surface area contributed by atoms with Crippen molar-refractivity contribution in [1.29, 1.82) is 0 Å². The Morgan fingerprint density at radius 3 is 2.92 bits per heavy atom. The van der Waals surface area contributed by atoms with Gasteiger partial charge in [-0.25, -0.2) is 4.79 Å². The van der Waals surface area contributed by atoms with Gasteiger partial charge in [-0.05, 0) is 6.92 Å². The average molecular weight is 172 g/mol.